The maximum absolute atomic E-state index is 12.6. The number of hydrogen-bond acceptors (Lipinski definition) is 7. The number of non-ortho nitro benzene ring substituents is 1. The van der Waals surface area contributed by atoms with Crippen LogP contribution in [0.25, 0.3) is 6.08 Å². The zero-order chi connectivity index (χ0) is 21.7. The van der Waals surface area contributed by atoms with Crippen LogP contribution >= 0.6 is 0 Å². The predicted octanol–water partition coefficient (Wildman–Crippen LogP) is 3.15. The molecule has 0 saturated heterocycles. The number of aromatic amines is 1. The van der Waals surface area contributed by atoms with Crippen molar-refractivity contribution in [3.63, 3.8) is 0 Å². The normalized spacial score (nSPS) is 11.9. The number of ketones is 1. The summed E-state index contributed by atoms with van der Waals surface area (Å²) in [5.74, 6) is -1.86. The molecular weight excluding hydrogens is 380 g/mol. The molecule has 1 aromatic carbocycles. The van der Waals surface area contributed by atoms with Crippen LogP contribution in [0, 0.1) is 24.0 Å². The quantitative estimate of drug-likeness (QED) is 0.248. The molecule has 1 N–H and O–H groups in total. The van der Waals surface area contributed by atoms with Gasteiger partial charge >= 0.3 is 11.9 Å². The van der Waals surface area contributed by atoms with E-state index in [-0.39, 0.29) is 16.9 Å². The highest BCUT2D eigenvalue weighted by Crippen LogP contribution is 2.21. The molecule has 9 nitrogen and oxygen atoms in total. The highest BCUT2D eigenvalue weighted by Gasteiger charge is 2.26. The van der Waals surface area contributed by atoms with Gasteiger partial charge in [-0.25, -0.2) is 9.59 Å². The molecule has 1 atom stereocenters. The second kappa shape index (κ2) is 8.96. The lowest BCUT2D eigenvalue weighted by atomic mass is 10.1. The molecule has 0 radical (unpaired) electrons. The van der Waals surface area contributed by atoms with E-state index in [1.54, 1.807) is 19.9 Å². The zero-order valence-corrected chi connectivity index (χ0v) is 16.3. The van der Waals surface area contributed by atoms with Crippen LogP contribution in [0.4, 0.5) is 5.69 Å². The number of carbonyl (C=O) groups is 3. The predicted molar refractivity (Wildman–Crippen MR) is 104 cm³/mol. The number of carbonyl (C=O) groups excluding carboxylic acids is 3. The third kappa shape index (κ3) is 4.95. The second-order valence-corrected chi connectivity index (χ2v) is 6.25. The molecule has 1 unspecified atom stereocenters. The first-order valence-corrected chi connectivity index (χ1v) is 8.60. The van der Waals surface area contributed by atoms with E-state index in [1.165, 1.54) is 38.3 Å². The minimum absolute atomic E-state index is 0.108. The molecule has 9 heteroatoms. The van der Waals surface area contributed by atoms with Crippen LogP contribution in [0.15, 0.2) is 30.3 Å². The van der Waals surface area contributed by atoms with Gasteiger partial charge in [0.25, 0.3) is 5.69 Å². The van der Waals surface area contributed by atoms with E-state index in [0.29, 0.717) is 16.8 Å². The van der Waals surface area contributed by atoms with Gasteiger partial charge in [-0.15, -0.1) is 0 Å². The molecule has 0 amide bonds. The SMILES string of the molecule is COC(=O)c1c(C)[nH]c(C(=O)C(C)OC(=O)/C=C/c2cccc([N+](=O)[O-])c2)c1C. The van der Waals surface area contributed by atoms with Crippen molar-refractivity contribution >= 4 is 29.5 Å². The summed E-state index contributed by atoms with van der Waals surface area (Å²) in [7, 11) is 1.24. The summed E-state index contributed by atoms with van der Waals surface area (Å²) < 4.78 is 9.82. The molecule has 0 aliphatic heterocycles. The summed E-state index contributed by atoms with van der Waals surface area (Å²) in [6, 6.07) is 5.72. The van der Waals surface area contributed by atoms with Crippen molar-refractivity contribution in [1.29, 1.82) is 0 Å². The average Bonchev–Trinajstić information content (AvgIpc) is 2.99. The molecule has 0 saturated carbocycles. The maximum atomic E-state index is 12.6. The van der Waals surface area contributed by atoms with Gasteiger partial charge in [-0.05, 0) is 38.0 Å². The van der Waals surface area contributed by atoms with Crippen LogP contribution < -0.4 is 0 Å². The van der Waals surface area contributed by atoms with Gasteiger partial charge in [-0.1, -0.05) is 12.1 Å². The van der Waals surface area contributed by atoms with Crippen molar-refractivity contribution in [2.45, 2.75) is 26.9 Å². The fourth-order valence-corrected chi connectivity index (χ4v) is 2.78. The molecule has 0 aliphatic carbocycles. The number of methoxy groups -OCH3 is 1. The van der Waals surface area contributed by atoms with Gasteiger partial charge in [0.2, 0.25) is 5.78 Å². The lowest BCUT2D eigenvalue weighted by molar-refractivity contribution is -0.384. The molecule has 152 valence electrons. The number of hydrogen-bond donors (Lipinski definition) is 1. The number of H-pyrrole nitrogens is 1. The zero-order valence-electron chi connectivity index (χ0n) is 16.3. The number of nitrogens with zero attached hydrogens (tertiary/aromatic N) is 1. The molecule has 1 heterocycles. The van der Waals surface area contributed by atoms with E-state index in [2.05, 4.69) is 4.98 Å². The van der Waals surface area contributed by atoms with Crippen molar-refractivity contribution in [2.24, 2.45) is 0 Å². The van der Waals surface area contributed by atoms with Crippen molar-refractivity contribution in [1.82, 2.24) is 4.98 Å². The molecule has 29 heavy (non-hydrogen) atoms. The minimum Gasteiger partial charge on any atom is -0.465 e. The van der Waals surface area contributed by atoms with E-state index in [9.17, 15) is 24.5 Å². The number of rotatable bonds is 7. The summed E-state index contributed by atoms with van der Waals surface area (Å²) in [6.45, 7) is 4.64. The van der Waals surface area contributed by atoms with Gasteiger partial charge < -0.3 is 14.5 Å². The van der Waals surface area contributed by atoms with E-state index in [4.69, 9.17) is 9.47 Å². The highest BCUT2D eigenvalue weighted by atomic mass is 16.6. The molecule has 1 aromatic heterocycles. The number of Topliss-reactive ketones (excluding diaryl/α,β-unsaturated/α-hetero) is 1. The van der Waals surface area contributed by atoms with Crippen LogP contribution in [0.5, 0.6) is 0 Å². The Morgan fingerprint density at radius 3 is 2.55 bits per heavy atom. The molecular formula is C20H20N2O7. The summed E-state index contributed by atoms with van der Waals surface area (Å²) >= 11 is 0. The number of ether oxygens (including phenoxy) is 2. The summed E-state index contributed by atoms with van der Waals surface area (Å²) in [5, 5.41) is 10.8. The third-order valence-electron chi connectivity index (χ3n) is 4.23. The van der Waals surface area contributed by atoms with Crippen LogP contribution in [0.1, 0.15) is 44.6 Å². The number of benzene rings is 1. The van der Waals surface area contributed by atoms with Crippen molar-refractivity contribution < 1.29 is 28.8 Å². The van der Waals surface area contributed by atoms with Crippen molar-refractivity contribution in [3.05, 3.63) is 68.5 Å². The van der Waals surface area contributed by atoms with E-state index >= 15 is 0 Å². The van der Waals surface area contributed by atoms with Gasteiger partial charge in [-0.3, -0.25) is 14.9 Å². The standard InChI is InChI=1S/C20H20N2O7/c1-11-17(20(25)28-4)12(2)21-18(11)19(24)13(3)29-16(23)9-8-14-6-5-7-15(10-14)22(26)27/h5-10,13,21H,1-4H3/b9-8+. The topological polar surface area (TPSA) is 129 Å². The first-order chi connectivity index (χ1) is 13.6. The Hall–Kier alpha value is -3.75. The van der Waals surface area contributed by atoms with Crippen molar-refractivity contribution in [2.75, 3.05) is 7.11 Å². The Bertz CT molecular complexity index is 1000. The van der Waals surface area contributed by atoms with Crippen molar-refractivity contribution in [3.8, 4) is 0 Å². The Labute approximate surface area is 166 Å². The largest absolute Gasteiger partial charge is 0.465 e. The average molecular weight is 400 g/mol. The molecule has 0 aliphatic rings. The lowest BCUT2D eigenvalue weighted by Gasteiger charge is -2.10. The summed E-state index contributed by atoms with van der Waals surface area (Å²) in [4.78, 5) is 49.5. The number of aryl methyl sites for hydroxylation is 1. The van der Waals surface area contributed by atoms with E-state index < -0.39 is 28.7 Å². The number of nitrogens with one attached hydrogen (secondary N) is 1. The molecule has 2 aromatic rings. The van der Waals surface area contributed by atoms with Gasteiger partial charge in [-0.2, -0.15) is 0 Å². The Kier molecular flexibility index (Phi) is 6.66. The minimum atomic E-state index is -1.11. The Morgan fingerprint density at radius 1 is 1.24 bits per heavy atom. The van der Waals surface area contributed by atoms with Crippen LogP contribution in [0.2, 0.25) is 0 Å². The number of esters is 2. The molecule has 0 fully saturated rings. The number of nitro benzene ring substituents is 1. The number of aromatic nitrogens is 1. The van der Waals surface area contributed by atoms with Gasteiger partial charge in [0.05, 0.1) is 23.3 Å². The van der Waals surface area contributed by atoms with Gasteiger partial charge in [0.1, 0.15) is 0 Å². The highest BCUT2D eigenvalue weighted by molar-refractivity contribution is 6.04. The van der Waals surface area contributed by atoms with Crippen LogP contribution in [-0.2, 0) is 14.3 Å². The Morgan fingerprint density at radius 2 is 1.93 bits per heavy atom. The summed E-state index contributed by atoms with van der Waals surface area (Å²) in [6.07, 6.45) is 1.32. The lowest BCUT2D eigenvalue weighted by Crippen LogP contribution is -2.24. The molecule has 0 bridgehead atoms. The van der Waals surface area contributed by atoms with E-state index in [1.807, 2.05) is 0 Å². The fourth-order valence-electron chi connectivity index (χ4n) is 2.78. The second-order valence-electron chi connectivity index (χ2n) is 6.25. The van der Waals surface area contributed by atoms with Gasteiger partial charge in [0.15, 0.2) is 6.10 Å². The Balaban J connectivity index is 2.10. The van der Waals surface area contributed by atoms with Crippen LogP contribution in [-0.4, -0.2) is 40.8 Å². The van der Waals surface area contributed by atoms with Gasteiger partial charge in [0, 0.05) is 23.9 Å². The number of nitro groups is 1. The molecule has 2 rings (SSSR count). The van der Waals surface area contributed by atoms with E-state index in [0.717, 1.165) is 6.08 Å². The fraction of sp³-hybridized carbons (Fsp3) is 0.250. The van der Waals surface area contributed by atoms with Crippen LogP contribution in [0.3, 0.4) is 0 Å². The molecule has 0 spiro atoms. The monoisotopic (exact) mass is 400 g/mol. The first kappa shape index (κ1) is 21.5. The third-order valence-corrected chi connectivity index (χ3v) is 4.23. The summed E-state index contributed by atoms with van der Waals surface area (Å²) in [5.41, 5.74) is 1.64. The first-order valence-electron chi connectivity index (χ1n) is 8.60. The smallest absolute Gasteiger partial charge is 0.339 e. The maximum Gasteiger partial charge on any atom is 0.339 e.